The van der Waals surface area contributed by atoms with Gasteiger partial charge in [-0.25, -0.2) is 9.18 Å². The molecule has 0 spiro atoms. The van der Waals surface area contributed by atoms with Gasteiger partial charge in [-0.15, -0.1) is 0 Å². The third-order valence-electron chi connectivity index (χ3n) is 6.16. The van der Waals surface area contributed by atoms with E-state index >= 15 is 0 Å². The highest BCUT2D eigenvalue weighted by molar-refractivity contribution is 6.30. The summed E-state index contributed by atoms with van der Waals surface area (Å²) in [6, 6.07) is 12.4. The number of fused-ring (bicyclic) bond motifs is 1. The molecule has 3 N–H and O–H groups in total. The largest absolute Gasteiger partial charge is 0.389 e. The van der Waals surface area contributed by atoms with Gasteiger partial charge in [0.1, 0.15) is 11.9 Å². The Bertz CT molecular complexity index is 1040. The summed E-state index contributed by atoms with van der Waals surface area (Å²) in [5.41, 5.74) is 0.965. The van der Waals surface area contributed by atoms with Crippen molar-refractivity contribution in [3.05, 3.63) is 64.9 Å². The maximum atomic E-state index is 13.8. The highest BCUT2D eigenvalue weighted by Crippen LogP contribution is 2.28. The molecule has 2 saturated heterocycles. The van der Waals surface area contributed by atoms with Crippen LogP contribution in [0.1, 0.15) is 24.8 Å². The van der Waals surface area contributed by atoms with Crippen LogP contribution < -0.4 is 10.6 Å². The lowest BCUT2D eigenvalue weighted by Gasteiger charge is -2.44. The fourth-order valence-corrected chi connectivity index (χ4v) is 4.64. The molecule has 2 aromatic rings. The van der Waals surface area contributed by atoms with Crippen LogP contribution in [0.4, 0.5) is 14.9 Å². The van der Waals surface area contributed by atoms with Crippen LogP contribution in [-0.2, 0) is 20.8 Å². The van der Waals surface area contributed by atoms with Gasteiger partial charge in [0.05, 0.1) is 44.4 Å². The van der Waals surface area contributed by atoms with E-state index in [2.05, 4.69) is 10.6 Å². The molecule has 4 atom stereocenters. The Morgan fingerprint density at radius 1 is 1.14 bits per heavy atom. The van der Waals surface area contributed by atoms with Crippen LogP contribution in [0, 0.1) is 5.82 Å². The summed E-state index contributed by atoms with van der Waals surface area (Å²) in [5.74, 6) is -0.607. The Labute approximate surface area is 208 Å². The molecule has 0 unspecified atom stereocenters. The second-order valence-corrected chi connectivity index (χ2v) is 9.23. The number of hydrogen-bond donors (Lipinski definition) is 3. The number of carbonyl (C=O) groups excluding carboxylic acids is 2. The van der Waals surface area contributed by atoms with Crippen molar-refractivity contribution >= 4 is 29.2 Å². The molecule has 2 aromatic carbocycles. The van der Waals surface area contributed by atoms with Crippen molar-refractivity contribution < 1.29 is 28.6 Å². The molecule has 2 fully saturated rings. The SMILES string of the molecule is O=C(C[C@H]1CC[C@@H]2[C@H](COC[C@@H](O)CN2C(=O)Nc2cccc(Cl)c2)O1)NCc1ccccc1F. The minimum absolute atomic E-state index is 0.0708. The first-order valence-corrected chi connectivity index (χ1v) is 12.0. The number of aliphatic hydroxyl groups is 1. The number of ether oxygens (including phenoxy) is 2. The number of β-amino-alcohol motifs (C(OH)–C–C–N with tert-alkyl or cyclic N) is 1. The van der Waals surface area contributed by atoms with Gasteiger partial charge in [0, 0.05) is 22.8 Å². The van der Waals surface area contributed by atoms with Crippen LogP contribution in [0.25, 0.3) is 0 Å². The van der Waals surface area contributed by atoms with E-state index in [0.29, 0.717) is 29.1 Å². The molecule has 2 heterocycles. The first-order chi connectivity index (χ1) is 16.9. The van der Waals surface area contributed by atoms with E-state index in [1.54, 1.807) is 47.4 Å². The number of rotatable bonds is 5. The lowest BCUT2D eigenvalue weighted by molar-refractivity contribution is -0.149. The van der Waals surface area contributed by atoms with Crippen molar-refractivity contribution in [1.82, 2.24) is 10.2 Å². The molecule has 2 aliphatic heterocycles. The standard InChI is InChI=1S/C25H29ClFN3O5/c26-17-5-3-6-18(10-17)29-25(33)30-13-19(31)14-34-15-23-22(30)9-8-20(35-23)11-24(32)28-12-16-4-1-2-7-21(16)27/h1-7,10,19-20,22-23,31H,8-9,11-15H2,(H,28,32)(H,29,33)/t19-,20+,22+,23-/m0/s1. The number of nitrogens with one attached hydrogen (secondary N) is 2. The average molecular weight is 506 g/mol. The van der Waals surface area contributed by atoms with Crippen LogP contribution in [0.2, 0.25) is 5.02 Å². The molecule has 0 aromatic heterocycles. The summed E-state index contributed by atoms with van der Waals surface area (Å²) in [4.78, 5) is 27.2. The maximum Gasteiger partial charge on any atom is 0.322 e. The monoisotopic (exact) mass is 505 g/mol. The van der Waals surface area contributed by atoms with Gasteiger partial charge in [0.15, 0.2) is 0 Å². The molecule has 35 heavy (non-hydrogen) atoms. The number of aliphatic hydroxyl groups excluding tert-OH is 1. The number of urea groups is 1. The number of anilines is 1. The Balaban J connectivity index is 1.36. The number of amides is 3. The van der Waals surface area contributed by atoms with Crippen LogP contribution in [-0.4, -0.2) is 66.1 Å². The summed E-state index contributed by atoms with van der Waals surface area (Å²) in [6.45, 7) is 0.449. The smallest absolute Gasteiger partial charge is 0.322 e. The molecule has 10 heteroatoms. The summed E-state index contributed by atoms with van der Waals surface area (Å²) in [6.07, 6.45) is -0.397. The molecule has 0 bridgehead atoms. The van der Waals surface area contributed by atoms with Gasteiger partial charge in [-0.3, -0.25) is 4.79 Å². The van der Waals surface area contributed by atoms with E-state index in [0.717, 1.165) is 0 Å². The molecule has 2 aliphatic rings. The average Bonchev–Trinajstić information content (AvgIpc) is 2.81. The number of benzene rings is 2. The molecule has 4 rings (SSSR count). The highest BCUT2D eigenvalue weighted by atomic mass is 35.5. The van der Waals surface area contributed by atoms with Gasteiger partial charge in [-0.05, 0) is 37.1 Å². The fraction of sp³-hybridized carbons (Fsp3) is 0.440. The van der Waals surface area contributed by atoms with Crippen LogP contribution in [0.15, 0.2) is 48.5 Å². The van der Waals surface area contributed by atoms with E-state index in [4.69, 9.17) is 21.1 Å². The van der Waals surface area contributed by atoms with Gasteiger partial charge in [-0.1, -0.05) is 35.9 Å². The summed E-state index contributed by atoms with van der Waals surface area (Å²) >= 11 is 6.03. The van der Waals surface area contributed by atoms with Crippen molar-refractivity contribution in [3.63, 3.8) is 0 Å². The minimum atomic E-state index is -0.831. The van der Waals surface area contributed by atoms with Crippen LogP contribution >= 0.6 is 11.6 Å². The minimum Gasteiger partial charge on any atom is -0.389 e. The van der Waals surface area contributed by atoms with E-state index in [1.165, 1.54) is 6.07 Å². The normalized spacial score (nSPS) is 24.6. The highest BCUT2D eigenvalue weighted by Gasteiger charge is 2.40. The summed E-state index contributed by atoms with van der Waals surface area (Å²) < 4.78 is 25.6. The third kappa shape index (κ3) is 6.91. The lowest BCUT2D eigenvalue weighted by Crippen LogP contribution is -2.58. The van der Waals surface area contributed by atoms with Gasteiger partial charge in [-0.2, -0.15) is 0 Å². The summed E-state index contributed by atoms with van der Waals surface area (Å²) in [5, 5.41) is 16.4. The topological polar surface area (TPSA) is 100 Å². The predicted molar refractivity (Wildman–Crippen MR) is 129 cm³/mol. The molecule has 8 nitrogen and oxygen atoms in total. The molecular formula is C25H29ClFN3O5. The van der Waals surface area contributed by atoms with E-state index in [-0.39, 0.29) is 62.6 Å². The molecule has 0 saturated carbocycles. The summed E-state index contributed by atoms with van der Waals surface area (Å²) in [7, 11) is 0. The van der Waals surface area contributed by atoms with Gasteiger partial charge in [0.25, 0.3) is 0 Å². The Morgan fingerprint density at radius 3 is 2.77 bits per heavy atom. The van der Waals surface area contributed by atoms with Crippen molar-refractivity contribution in [1.29, 1.82) is 0 Å². The van der Waals surface area contributed by atoms with Crippen LogP contribution in [0.3, 0.4) is 0 Å². The molecule has 188 valence electrons. The quantitative estimate of drug-likeness (QED) is 0.579. The van der Waals surface area contributed by atoms with Crippen molar-refractivity contribution in [2.75, 3.05) is 25.1 Å². The van der Waals surface area contributed by atoms with E-state index in [1.807, 2.05) is 0 Å². The van der Waals surface area contributed by atoms with E-state index in [9.17, 15) is 19.1 Å². The maximum absolute atomic E-state index is 13.8. The predicted octanol–water partition coefficient (Wildman–Crippen LogP) is 3.33. The van der Waals surface area contributed by atoms with Gasteiger partial charge in [0.2, 0.25) is 5.91 Å². The van der Waals surface area contributed by atoms with E-state index < -0.39 is 12.2 Å². The first-order valence-electron chi connectivity index (χ1n) is 11.6. The zero-order valence-corrected chi connectivity index (χ0v) is 19.9. The van der Waals surface area contributed by atoms with Crippen molar-refractivity contribution in [2.45, 2.75) is 50.2 Å². The Hall–Kier alpha value is -2.72. The number of hydrogen-bond acceptors (Lipinski definition) is 5. The zero-order valence-electron chi connectivity index (χ0n) is 19.2. The Kier molecular flexibility index (Phi) is 8.56. The molecular weight excluding hydrogens is 477 g/mol. The second-order valence-electron chi connectivity index (χ2n) is 8.80. The first kappa shape index (κ1) is 25.4. The second kappa shape index (κ2) is 11.8. The zero-order chi connectivity index (χ0) is 24.8. The number of carbonyl (C=O) groups is 2. The van der Waals surface area contributed by atoms with Crippen molar-refractivity contribution in [3.8, 4) is 0 Å². The molecule has 0 aliphatic carbocycles. The number of halogens is 2. The lowest BCUT2D eigenvalue weighted by atomic mass is 9.95. The Morgan fingerprint density at radius 2 is 1.97 bits per heavy atom. The van der Waals surface area contributed by atoms with Gasteiger partial charge < -0.3 is 30.1 Å². The molecule has 0 radical (unpaired) electrons. The number of nitrogens with zero attached hydrogens (tertiary/aromatic N) is 1. The fourth-order valence-electron chi connectivity index (χ4n) is 4.45. The van der Waals surface area contributed by atoms with Gasteiger partial charge >= 0.3 is 6.03 Å². The molecule has 3 amide bonds. The van der Waals surface area contributed by atoms with Crippen molar-refractivity contribution in [2.24, 2.45) is 0 Å². The van der Waals surface area contributed by atoms with Crippen LogP contribution in [0.5, 0.6) is 0 Å². The third-order valence-corrected chi connectivity index (χ3v) is 6.40.